The minimum atomic E-state index is -2.50. The zero-order chi connectivity index (χ0) is 7.78. The van der Waals surface area contributed by atoms with Crippen LogP contribution in [0.15, 0.2) is 0 Å². The van der Waals surface area contributed by atoms with Gasteiger partial charge >= 0.3 is 0 Å². The van der Waals surface area contributed by atoms with Crippen LogP contribution in [0, 0.1) is 18.3 Å². The summed E-state index contributed by atoms with van der Waals surface area (Å²) in [5.41, 5.74) is 5.33. The summed E-state index contributed by atoms with van der Waals surface area (Å²) in [6, 6.07) is -0.486. The molecule has 1 atom stereocenters. The maximum Gasteiger partial charge on any atom is 0.248 e. The minimum Gasteiger partial charge on any atom is -0.317 e. The summed E-state index contributed by atoms with van der Waals surface area (Å²) in [6.45, 7) is 0. The van der Waals surface area contributed by atoms with Crippen molar-refractivity contribution in [2.75, 3.05) is 0 Å². The number of rotatable bonds is 1. The zero-order valence-corrected chi connectivity index (χ0v) is 5.48. The Kier molecular flexibility index (Phi) is 1.65. The van der Waals surface area contributed by atoms with Crippen molar-refractivity contribution in [1.82, 2.24) is 0 Å². The molecular weight excluding hydrogens is 136 g/mol. The number of hydrogen-bond donors (Lipinski definition) is 1. The molecule has 1 unspecified atom stereocenters. The van der Waals surface area contributed by atoms with E-state index in [2.05, 4.69) is 5.92 Å². The predicted molar refractivity (Wildman–Crippen MR) is 34.5 cm³/mol. The Morgan fingerprint density at radius 3 is 2.40 bits per heavy atom. The first-order valence-corrected chi connectivity index (χ1v) is 3.15. The lowest BCUT2D eigenvalue weighted by Gasteiger charge is -2.36. The van der Waals surface area contributed by atoms with Gasteiger partial charge in [-0.15, -0.1) is 6.42 Å². The molecule has 3 heteroatoms. The van der Waals surface area contributed by atoms with Crippen LogP contribution in [0.4, 0.5) is 8.78 Å². The van der Waals surface area contributed by atoms with E-state index in [9.17, 15) is 8.78 Å². The molecule has 0 radical (unpaired) electrons. The van der Waals surface area contributed by atoms with E-state index in [1.165, 1.54) is 0 Å². The second kappa shape index (κ2) is 2.21. The van der Waals surface area contributed by atoms with Gasteiger partial charge in [-0.3, -0.25) is 0 Å². The summed E-state index contributed by atoms with van der Waals surface area (Å²) >= 11 is 0. The molecule has 0 bridgehead atoms. The normalized spacial score (nSPS) is 26.6. The van der Waals surface area contributed by atoms with E-state index in [0.29, 0.717) is 0 Å². The third kappa shape index (κ3) is 1.27. The second-order valence-electron chi connectivity index (χ2n) is 2.72. The van der Waals surface area contributed by atoms with E-state index in [4.69, 9.17) is 12.2 Å². The summed E-state index contributed by atoms with van der Waals surface area (Å²) in [5, 5.41) is 0. The van der Waals surface area contributed by atoms with Crippen LogP contribution in [0.1, 0.15) is 12.8 Å². The molecule has 1 saturated carbocycles. The van der Waals surface area contributed by atoms with E-state index in [1.807, 2.05) is 0 Å². The van der Waals surface area contributed by atoms with Crippen LogP contribution < -0.4 is 5.73 Å². The Bertz CT molecular complexity index is 163. The van der Waals surface area contributed by atoms with Gasteiger partial charge in [0, 0.05) is 12.8 Å². The van der Waals surface area contributed by atoms with Gasteiger partial charge < -0.3 is 5.73 Å². The summed E-state index contributed by atoms with van der Waals surface area (Å²) in [7, 11) is 0. The van der Waals surface area contributed by atoms with E-state index in [-0.39, 0.29) is 18.8 Å². The molecule has 0 aromatic carbocycles. The number of nitrogens with two attached hydrogens (primary N) is 1. The highest BCUT2D eigenvalue weighted by Crippen LogP contribution is 2.43. The van der Waals surface area contributed by atoms with Crippen molar-refractivity contribution in [3.05, 3.63) is 0 Å². The summed E-state index contributed by atoms with van der Waals surface area (Å²) in [6.07, 6.45) is 4.67. The predicted octanol–water partition coefficient (Wildman–Crippen LogP) is 0.992. The van der Waals surface area contributed by atoms with Crippen molar-refractivity contribution in [3.63, 3.8) is 0 Å². The summed E-state index contributed by atoms with van der Waals surface area (Å²) < 4.78 is 24.3. The molecule has 0 saturated heterocycles. The van der Waals surface area contributed by atoms with Gasteiger partial charge in [0.25, 0.3) is 0 Å². The highest BCUT2D eigenvalue weighted by molar-refractivity contribution is 5.05. The van der Waals surface area contributed by atoms with Crippen molar-refractivity contribution in [1.29, 1.82) is 0 Å². The summed E-state index contributed by atoms with van der Waals surface area (Å²) in [4.78, 5) is 0. The molecule has 0 aromatic rings. The second-order valence-corrected chi connectivity index (χ2v) is 2.72. The third-order valence-electron chi connectivity index (χ3n) is 1.82. The van der Waals surface area contributed by atoms with E-state index in [0.717, 1.165) is 0 Å². The lowest BCUT2D eigenvalue weighted by molar-refractivity contribution is -0.112. The van der Waals surface area contributed by atoms with Gasteiger partial charge in [0.2, 0.25) is 5.92 Å². The quantitative estimate of drug-likeness (QED) is 0.547. The summed E-state index contributed by atoms with van der Waals surface area (Å²) in [5.74, 6) is -0.418. The van der Waals surface area contributed by atoms with Crippen molar-refractivity contribution in [3.8, 4) is 12.3 Å². The fourth-order valence-corrected chi connectivity index (χ4v) is 1.10. The number of halogens is 2. The van der Waals surface area contributed by atoms with Crippen LogP contribution in [-0.4, -0.2) is 12.0 Å². The van der Waals surface area contributed by atoms with Gasteiger partial charge in [-0.05, 0) is 5.92 Å². The maximum atomic E-state index is 12.2. The molecular formula is C7H9F2N. The number of terminal acetylenes is 1. The first-order chi connectivity index (χ1) is 4.55. The first kappa shape index (κ1) is 7.49. The fourth-order valence-electron chi connectivity index (χ4n) is 1.10. The molecule has 0 amide bonds. The van der Waals surface area contributed by atoms with Gasteiger partial charge in [0.05, 0.1) is 6.04 Å². The highest BCUT2D eigenvalue weighted by Gasteiger charge is 2.47. The van der Waals surface area contributed by atoms with Crippen LogP contribution >= 0.6 is 0 Å². The molecule has 2 N–H and O–H groups in total. The Morgan fingerprint density at radius 2 is 2.10 bits per heavy atom. The van der Waals surface area contributed by atoms with Crippen molar-refractivity contribution < 1.29 is 8.78 Å². The largest absolute Gasteiger partial charge is 0.317 e. The molecule has 1 fully saturated rings. The average Bonchev–Trinajstić information content (AvgIpc) is 1.81. The van der Waals surface area contributed by atoms with Gasteiger partial charge in [-0.1, -0.05) is 5.92 Å². The smallest absolute Gasteiger partial charge is 0.248 e. The lowest BCUT2D eigenvalue weighted by Crippen LogP contribution is -2.45. The molecule has 1 nitrogen and oxygen atoms in total. The maximum absolute atomic E-state index is 12.2. The van der Waals surface area contributed by atoms with Crippen molar-refractivity contribution in [2.24, 2.45) is 11.7 Å². The molecule has 0 aliphatic heterocycles. The van der Waals surface area contributed by atoms with Crippen LogP contribution in [0.3, 0.4) is 0 Å². The van der Waals surface area contributed by atoms with Gasteiger partial charge in [-0.25, -0.2) is 8.78 Å². The van der Waals surface area contributed by atoms with E-state index >= 15 is 0 Å². The molecule has 10 heavy (non-hydrogen) atoms. The Labute approximate surface area is 58.6 Å². The monoisotopic (exact) mass is 145 g/mol. The zero-order valence-electron chi connectivity index (χ0n) is 5.48. The van der Waals surface area contributed by atoms with Gasteiger partial charge in [0.1, 0.15) is 0 Å². The molecule has 1 rings (SSSR count). The number of alkyl halides is 2. The van der Waals surface area contributed by atoms with Gasteiger partial charge in [0.15, 0.2) is 0 Å². The van der Waals surface area contributed by atoms with Crippen molar-refractivity contribution in [2.45, 2.75) is 24.8 Å². The molecule has 1 aliphatic rings. The fraction of sp³-hybridized carbons (Fsp3) is 0.714. The Morgan fingerprint density at radius 1 is 1.60 bits per heavy atom. The van der Waals surface area contributed by atoms with Crippen LogP contribution in [0.25, 0.3) is 0 Å². The van der Waals surface area contributed by atoms with E-state index in [1.54, 1.807) is 0 Å². The van der Waals surface area contributed by atoms with E-state index < -0.39 is 12.0 Å². The number of hydrogen-bond acceptors (Lipinski definition) is 1. The Hall–Kier alpha value is -0.620. The molecule has 0 heterocycles. The van der Waals surface area contributed by atoms with Crippen LogP contribution in [0.2, 0.25) is 0 Å². The minimum absolute atomic E-state index is 0.141. The third-order valence-corrected chi connectivity index (χ3v) is 1.82. The molecule has 0 spiro atoms. The molecule has 56 valence electrons. The average molecular weight is 145 g/mol. The SMILES string of the molecule is C#CC(N)C1CC(F)(F)C1. The van der Waals surface area contributed by atoms with Crippen LogP contribution in [-0.2, 0) is 0 Å². The lowest BCUT2D eigenvalue weighted by atomic mass is 9.77. The molecule has 0 aromatic heterocycles. The first-order valence-electron chi connectivity index (χ1n) is 3.15. The van der Waals surface area contributed by atoms with Crippen molar-refractivity contribution >= 4 is 0 Å². The van der Waals surface area contributed by atoms with Crippen LogP contribution in [0.5, 0.6) is 0 Å². The Balaban J connectivity index is 2.34. The standard InChI is InChI=1S/C7H9F2N/c1-2-6(10)5-3-7(8,9)4-5/h1,5-6H,3-4,10H2. The molecule has 1 aliphatic carbocycles. The highest BCUT2D eigenvalue weighted by atomic mass is 19.3. The van der Waals surface area contributed by atoms with Gasteiger partial charge in [-0.2, -0.15) is 0 Å². The topological polar surface area (TPSA) is 26.0 Å².